The second-order valence-electron chi connectivity index (χ2n) is 5.27. The van der Waals surface area contributed by atoms with E-state index in [4.69, 9.17) is 4.74 Å². The van der Waals surface area contributed by atoms with Crippen molar-refractivity contribution in [3.63, 3.8) is 0 Å². The predicted octanol–water partition coefficient (Wildman–Crippen LogP) is 3.39. The van der Waals surface area contributed by atoms with E-state index in [2.05, 4.69) is 17.6 Å². The lowest BCUT2D eigenvalue weighted by Crippen LogP contribution is -2.28. The average molecular weight is 346 g/mol. The lowest BCUT2D eigenvalue weighted by molar-refractivity contribution is -0.122. The zero-order valence-electron chi connectivity index (χ0n) is 14.1. The monoisotopic (exact) mass is 346 g/mol. The number of benzene rings is 1. The van der Waals surface area contributed by atoms with Crippen LogP contribution in [-0.4, -0.2) is 25.0 Å². The Morgan fingerprint density at radius 1 is 1.17 bits per heavy atom. The van der Waals surface area contributed by atoms with Gasteiger partial charge < -0.3 is 15.4 Å². The molecule has 1 aromatic heterocycles. The molecule has 128 valence electrons. The largest absolute Gasteiger partial charge is 0.484 e. The van der Waals surface area contributed by atoms with Gasteiger partial charge in [-0.15, -0.1) is 11.3 Å². The van der Waals surface area contributed by atoms with Crippen molar-refractivity contribution in [2.75, 3.05) is 18.5 Å². The lowest BCUT2D eigenvalue weighted by Gasteiger charge is -2.08. The smallest absolute Gasteiger partial charge is 0.265 e. The Morgan fingerprint density at radius 3 is 2.46 bits per heavy atom. The molecule has 6 heteroatoms. The number of anilines is 1. The number of hydrogen-bond donors (Lipinski definition) is 2. The summed E-state index contributed by atoms with van der Waals surface area (Å²) >= 11 is 1.50. The Morgan fingerprint density at radius 2 is 1.88 bits per heavy atom. The average Bonchev–Trinajstić information content (AvgIpc) is 2.95. The van der Waals surface area contributed by atoms with E-state index >= 15 is 0 Å². The third kappa shape index (κ3) is 4.83. The second kappa shape index (κ2) is 8.49. The zero-order valence-corrected chi connectivity index (χ0v) is 15.0. The van der Waals surface area contributed by atoms with Crippen LogP contribution in [0.5, 0.6) is 5.75 Å². The maximum atomic E-state index is 12.3. The molecule has 0 saturated heterocycles. The normalized spacial score (nSPS) is 10.3. The fourth-order valence-electron chi connectivity index (χ4n) is 2.21. The minimum Gasteiger partial charge on any atom is -0.484 e. The first kappa shape index (κ1) is 18.0. The summed E-state index contributed by atoms with van der Waals surface area (Å²) in [5.74, 6) is 0.313. The molecule has 2 amide bonds. The van der Waals surface area contributed by atoms with Crippen LogP contribution in [0.1, 0.15) is 34.0 Å². The fourth-order valence-corrected chi connectivity index (χ4v) is 3.22. The van der Waals surface area contributed by atoms with E-state index in [1.165, 1.54) is 21.8 Å². The van der Waals surface area contributed by atoms with Gasteiger partial charge in [0.1, 0.15) is 5.75 Å². The Kier molecular flexibility index (Phi) is 6.37. The van der Waals surface area contributed by atoms with E-state index in [0.29, 0.717) is 22.9 Å². The molecule has 0 aliphatic heterocycles. The highest BCUT2D eigenvalue weighted by molar-refractivity contribution is 7.14. The van der Waals surface area contributed by atoms with Gasteiger partial charge in [0.15, 0.2) is 6.61 Å². The molecule has 24 heavy (non-hydrogen) atoms. The van der Waals surface area contributed by atoms with E-state index in [-0.39, 0.29) is 18.4 Å². The highest BCUT2D eigenvalue weighted by Gasteiger charge is 2.12. The number of carbonyl (C=O) groups excluding carboxylic acids is 2. The Hall–Kier alpha value is -2.34. The first-order valence-electron chi connectivity index (χ1n) is 7.93. The summed E-state index contributed by atoms with van der Waals surface area (Å²) in [7, 11) is 0. The van der Waals surface area contributed by atoms with Crippen LogP contribution in [0.4, 0.5) is 5.69 Å². The molecule has 0 aliphatic rings. The number of hydrogen-bond acceptors (Lipinski definition) is 4. The molecular weight excluding hydrogens is 324 g/mol. The molecule has 0 unspecified atom stereocenters. The van der Waals surface area contributed by atoms with Gasteiger partial charge in [-0.05, 0) is 56.2 Å². The maximum absolute atomic E-state index is 12.3. The first-order chi connectivity index (χ1) is 11.5. The van der Waals surface area contributed by atoms with E-state index < -0.39 is 0 Å². The molecule has 0 aliphatic carbocycles. The van der Waals surface area contributed by atoms with Crippen LogP contribution < -0.4 is 15.4 Å². The standard InChI is InChI=1S/C18H22N2O3S/c1-4-13-10-16(24-12(13)3)18(22)20-14-6-8-15(9-7-14)23-11-17(21)19-5-2/h6-10H,4-5,11H2,1-3H3,(H,19,21)(H,20,22). The Labute approximate surface area is 146 Å². The van der Waals surface area contributed by atoms with Crippen LogP contribution in [0.2, 0.25) is 0 Å². The van der Waals surface area contributed by atoms with Crippen molar-refractivity contribution in [1.29, 1.82) is 0 Å². The Bertz CT molecular complexity index is 708. The van der Waals surface area contributed by atoms with E-state index in [1.54, 1.807) is 24.3 Å². The minimum absolute atomic E-state index is 0.0200. The molecule has 2 N–H and O–H groups in total. The highest BCUT2D eigenvalue weighted by Crippen LogP contribution is 2.23. The van der Waals surface area contributed by atoms with Gasteiger partial charge in [-0.3, -0.25) is 9.59 Å². The number of likely N-dealkylation sites (N-methyl/N-ethyl adjacent to an activating group) is 1. The molecule has 0 spiro atoms. The molecule has 5 nitrogen and oxygen atoms in total. The summed E-state index contributed by atoms with van der Waals surface area (Å²) < 4.78 is 5.38. The Balaban J connectivity index is 1.93. The number of carbonyl (C=O) groups is 2. The van der Waals surface area contributed by atoms with Gasteiger partial charge in [-0.2, -0.15) is 0 Å². The van der Waals surface area contributed by atoms with Crippen molar-refractivity contribution in [1.82, 2.24) is 5.32 Å². The maximum Gasteiger partial charge on any atom is 0.265 e. The van der Waals surface area contributed by atoms with Crippen LogP contribution in [0.3, 0.4) is 0 Å². The summed E-state index contributed by atoms with van der Waals surface area (Å²) in [5.41, 5.74) is 1.90. The third-order valence-electron chi connectivity index (χ3n) is 3.48. The van der Waals surface area contributed by atoms with Crippen molar-refractivity contribution in [3.05, 3.63) is 45.6 Å². The molecule has 1 heterocycles. The second-order valence-corrected chi connectivity index (χ2v) is 6.52. The number of ether oxygens (including phenoxy) is 1. The molecule has 1 aromatic carbocycles. The van der Waals surface area contributed by atoms with Crippen LogP contribution in [0, 0.1) is 6.92 Å². The molecule has 0 bridgehead atoms. The molecule has 0 radical (unpaired) electrons. The van der Waals surface area contributed by atoms with E-state index in [9.17, 15) is 9.59 Å². The van der Waals surface area contributed by atoms with Gasteiger partial charge in [-0.1, -0.05) is 6.92 Å². The molecule has 2 rings (SSSR count). The van der Waals surface area contributed by atoms with E-state index in [0.717, 1.165) is 6.42 Å². The van der Waals surface area contributed by atoms with Crippen molar-refractivity contribution in [3.8, 4) is 5.75 Å². The van der Waals surface area contributed by atoms with E-state index in [1.807, 2.05) is 19.9 Å². The number of rotatable bonds is 7. The van der Waals surface area contributed by atoms with Crippen LogP contribution >= 0.6 is 11.3 Å². The fraction of sp³-hybridized carbons (Fsp3) is 0.333. The summed E-state index contributed by atoms with van der Waals surface area (Å²) in [6.07, 6.45) is 0.924. The number of nitrogens with one attached hydrogen (secondary N) is 2. The molecule has 0 fully saturated rings. The summed E-state index contributed by atoms with van der Waals surface area (Å²) in [4.78, 5) is 25.5. The topological polar surface area (TPSA) is 67.4 Å². The summed E-state index contributed by atoms with van der Waals surface area (Å²) in [6.45, 7) is 6.52. The van der Waals surface area contributed by atoms with Crippen molar-refractivity contribution in [2.24, 2.45) is 0 Å². The SMILES string of the molecule is CCNC(=O)COc1ccc(NC(=O)c2cc(CC)c(C)s2)cc1. The van der Waals surface area contributed by atoms with Crippen LogP contribution in [-0.2, 0) is 11.2 Å². The van der Waals surface area contributed by atoms with Gasteiger partial charge in [0.25, 0.3) is 11.8 Å². The zero-order chi connectivity index (χ0) is 17.5. The van der Waals surface area contributed by atoms with Crippen LogP contribution in [0.25, 0.3) is 0 Å². The van der Waals surface area contributed by atoms with Gasteiger partial charge in [-0.25, -0.2) is 0 Å². The molecular formula is C18H22N2O3S. The third-order valence-corrected chi connectivity index (χ3v) is 4.57. The lowest BCUT2D eigenvalue weighted by atomic mass is 10.2. The van der Waals surface area contributed by atoms with Crippen molar-refractivity contribution < 1.29 is 14.3 Å². The molecule has 0 saturated carbocycles. The quantitative estimate of drug-likeness (QED) is 0.807. The molecule has 2 aromatic rings. The van der Waals surface area contributed by atoms with Crippen molar-refractivity contribution >= 4 is 28.8 Å². The number of thiophene rings is 1. The van der Waals surface area contributed by atoms with Gasteiger partial charge in [0.2, 0.25) is 0 Å². The van der Waals surface area contributed by atoms with Crippen molar-refractivity contribution in [2.45, 2.75) is 27.2 Å². The van der Waals surface area contributed by atoms with Gasteiger partial charge >= 0.3 is 0 Å². The highest BCUT2D eigenvalue weighted by atomic mass is 32.1. The summed E-state index contributed by atoms with van der Waals surface area (Å²) in [5, 5.41) is 5.53. The number of aryl methyl sites for hydroxylation is 2. The number of amides is 2. The van der Waals surface area contributed by atoms with Gasteiger partial charge in [0, 0.05) is 17.1 Å². The van der Waals surface area contributed by atoms with Crippen LogP contribution in [0.15, 0.2) is 30.3 Å². The first-order valence-corrected chi connectivity index (χ1v) is 8.75. The molecule has 0 atom stereocenters. The predicted molar refractivity (Wildman–Crippen MR) is 97.0 cm³/mol. The van der Waals surface area contributed by atoms with Gasteiger partial charge in [0.05, 0.1) is 4.88 Å². The minimum atomic E-state index is -0.158. The summed E-state index contributed by atoms with van der Waals surface area (Å²) in [6, 6.07) is 8.91.